The Labute approximate surface area is 89.2 Å². The van der Waals surface area contributed by atoms with E-state index in [0.717, 1.165) is 0 Å². The second-order valence-corrected chi connectivity index (χ2v) is 3.25. The molecule has 1 heterocycles. The Morgan fingerprint density at radius 3 is 2.73 bits per heavy atom. The van der Waals surface area contributed by atoms with Crippen LogP contribution in [0.5, 0.6) is 0 Å². The van der Waals surface area contributed by atoms with E-state index in [1.165, 1.54) is 0 Å². The molecule has 4 N–H and O–H groups in total. The van der Waals surface area contributed by atoms with E-state index in [4.69, 9.17) is 10.5 Å². The smallest absolute Gasteiger partial charge is 0.223 e. The molecule has 84 valence electrons. The van der Waals surface area contributed by atoms with Crippen LogP contribution in [0.15, 0.2) is 6.07 Å². The Bertz CT molecular complexity index is 317. The molecule has 1 atom stereocenters. The second kappa shape index (κ2) is 5.35. The van der Waals surface area contributed by atoms with Gasteiger partial charge in [-0.05, 0) is 6.92 Å². The summed E-state index contributed by atoms with van der Waals surface area (Å²) < 4.78 is 5.01. The van der Waals surface area contributed by atoms with Crippen LogP contribution in [0.2, 0.25) is 0 Å². The Morgan fingerprint density at radius 2 is 2.13 bits per heavy atom. The van der Waals surface area contributed by atoms with Crippen LogP contribution in [0, 0.1) is 0 Å². The Balaban J connectivity index is 2.71. The number of hydrogen-bond donors (Lipinski definition) is 3. The molecule has 0 bridgehead atoms. The van der Waals surface area contributed by atoms with Crippen LogP contribution in [0.25, 0.3) is 0 Å². The average Bonchev–Trinajstić information content (AvgIpc) is 2.17. The molecular weight excluding hydrogens is 194 g/mol. The molecule has 6 heteroatoms. The highest BCUT2D eigenvalue weighted by Crippen LogP contribution is 2.12. The zero-order chi connectivity index (χ0) is 11.3. The van der Waals surface area contributed by atoms with Crippen molar-refractivity contribution in [1.82, 2.24) is 9.97 Å². The number of nitrogens with one attached hydrogen (secondary N) is 2. The van der Waals surface area contributed by atoms with Gasteiger partial charge in [-0.3, -0.25) is 0 Å². The summed E-state index contributed by atoms with van der Waals surface area (Å²) in [5, 5.41) is 6.07. The summed E-state index contributed by atoms with van der Waals surface area (Å²) in [7, 11) is 3.44. The monoisotopic (exact) mass is 211 g/mol. The van der Waals surface area contributed by atoms with Crippen LogP contribution in [0.3, 0.4) is 0 Å². The predicted molar refractivity (Wildman–Crippen MR) is 61.0 cm³/mol. The van der Waals surface area contributed by atoms with Crippen molar-refractivity contribution in [2.75, 3.05) is 37.1 Å². The predicted octanol–water partition coefficient (Wildman–Crippen LogP) is 0.547. The van der Waals surface area contributed by atoms with E-state index in [0.29, 0.717) is 18.2 Å². The highest BCUT2D eigenvalue weighted by molar-refractivity contribution is 5.50. The molecule has 0 spiro atoms. The lowest BCUT2D eigenvalue weighted by atomic mass is 10.3. The molecule has 1 aromatic rings. The van der Waals surface area contributed by atoms with E-state index < -0.39 is 0 Å². The van der Waals surface area contributed by atoms with Crippen molar-refractivity contribution in [2.24, 2.45) is 0 Å². The van der Waals surface area contributed by atoms with Gasteiger partial charge in [-0.25, -0.2) is 0 Å². The molecule has 0 aromatic carbocycles. The third-order valence-corrected chi connectivity index (χ3v) is 1.81. The summed E-state index contributed by atoms with van der Waals surface area (Å²) in [6, 6.07) is 1.97. The molecule has 15 heavy (non-hydrogen) atoms. The van der Waals surface area contributed by atoms with Gasteiger partial charge in [0, 0.05) is 26.3 Å². The molecular formula is C9H17N5O. The van der Waals surface area contributed by atoms with Crippen LogP contribution in [-0.2, 0) is 4.74 Å². The van der Waals surface area contributed by atoms with Gasteiger partial charge < -0.3 is 21.1 Å². The molecule has 0 aliphatic rings. The number of aromatic nitrogens is 2. The van der Waals surface area contributed by atoms with Crippen LogP contribution in [0.4, 0.5) is 17.6 Å². The van der Waals surface area contributed by atoms with Gasteiger partial charge >= 0.3 is 0 Å². The van der Waals surface area contributed by atoms with Crippen LogP contribution < -0.4 is 16.4 Å². The van der Waals surface area contributed by atoms with E-state index in [-0.39, 0.29) is 12.0 Å². The molecule has 0 radical (unpaired) electrons. The molecule has 6 nitrogen and oxygen atoms in total. The number of nitrogens with zero attached hydrogens (tertiary/aromatic N) is 2. The molecule has 1 unspecified atom stereocenters. The van der Waals surface area contributed by atoms with Gasteiger partial charge in [-0.1, -0.05) is 0 Å². The van der Waals surface area contributed by atoms with Gasteiger partial charge in [0.15, 0.2) is 0 Å². The maximum absolute atomic E-state index is 5.55. The van der Waals surface area contributed by atoms with Crippen molar-refractivity contribution in [1.29, 1.82) is 0 Å². The molecule has 0 saturated heterocycles. The fraction of sp³-hybridized carbons (Fsp3) is 0.556. The lowest BCUT2D eigenvalue weighted by molar-refractivity contribution is 0.190. The van der Waals surface area contributed by atoms with E-state index in [9.17, 15) is 0 Å². The minimum Gasteiger partial charge on any atom is -0.383 e. The van der Waals surface area contributed by atoms with E-state index in [1.807, 2.05) is 6.92 Å². The zero-order valence-corrected chi connectivity index (χ0v) is 9.24. The number of hydrogen-bond acceptors (Lipinski definition) is 6. The summed E-state index contributed by atoms with van der Waals surface area (Å²) in [5.41, 5.74) is 5.55. The second-order valence-electron chi connectivity index (χ2n) is 3.25. The lowest BCUT2D eigenvalue weighted by Gasteiger charge is -2.14. The molecule has 0 saturated carbocycles. The van der Waals surface area contributed by atoms with Gasteiger partial charge in [0.1, 0.15) is 11.6 Å². The van der Waals surface area contributed by atoms with Crippen molar-refractivity contribution in [3.63, 3.8) is 0 Å². The number of nitrogens with two attached hydrogens (primary N) is 1. The summed E-state index contributed by atoms with van der Waals surface area (Å²) >= 11 is 0. The number of ether oxygens (including phenoxy) is 1. The Hall–Kier alpha value is -1.56. The topological polar surface area (TPSA) is 85.1 Å². The van der Waals surface area contributed by atoms with Crippen LogP contribution >= 0.6 is 0 Å². The van der Waals surface area contributed by atoms with Gasteiger partial charge in [0.25, 0.3) is 0 Å². The SMILES string of the molecule is CNc1cc(NC(C)COC)nc(N)n1. The normalized spacial score (nSPS) is 12.2. The minimum absolute atomic E-state index is 0.175. The molecule has 0 fully saturated rings. The molecule has 0 aliphatic heterocycles. The van der Waals surface area contributed by atoms with E-state index >= 15 is 0 Å². The summed E-state index contributed by atoms with van der Waals surface area (Å²) in [4.78, 5) is 8.05. The molecule has 1 rings (SSSR count). The van der Waals surface area contributed by atoms with Crippen LogP contribution in [0.1, 0.15) is 6.92 Å². The van der Waals surface area contributed by atoms with Crippen molar-refractivity contribution in [2.45, 2.75) is 13.0 Å². The maximum Gasteiger partial charge on any atom is 0.223 e. The lowest BCUT2D eigenvalue weighted by Crippen LogP contribution is -2.21. The largest absolute Gasteiger partial charge is 0.383 e. The van der Waals surface area contributed by atoms with Gasteiger partial charge in [-0.2, -0.15) is 9.97 Å². The first-order valence-electron chi connectivity index (χ1n) is 4.73. The maximum atomic E-state index is 5.55. The van der Waals surface area contributed by atoms with Crippen LogP contribution in [-0.4, -0.2) is 36.8 Å². The number of nitrogen functional groups attached to an aromatic ring is 1. The first-order chi connectivity index (χ1) is 7.15. The average molecular weight is 211 g/mol. The highest BCUT2D eigenvalue weighted by atomic mass is 16.5. The summed E-state index contributed by atoms with van der Waals surface area (Å²) in [6.45, 7) is 2.61. The summed E-state index contributed by atoms with van der Waals surface area (Å²) in [5.74, 6) is 1.62. The Kier molecular flexibility index (Phi) is 4.11. The quantitative estimate of drug-likeness (QED) is 0.659. The van der Waals surface area contributed by atoms with Crippen molar-refractivity contribution < 1.29 is 4.74 Å². The first-order valence-corrected chi connectivity index (χ1v) is 4.73. The summed E-state index contributed by atoms with van der Waals surface area (Å²) in [6.07, 6.45) is 0. The minimum atomic E-state index is 0.175. The van der Waals surface area contributed by atoms with E-state index in [1.54, 1.807) is 20.2 Å². The van der Waals surface area contributed by atoms with E-state index in [2.05, 4.69) is 20.6 Å². The molecule has 1 aromatic heterocycles. The molecule has 0 aliphatic carbocycles. The Morgan fingerprint density at radius 1 is 1.47 bits per heavy atom. The third-order valence-electron chi connectivity index (χ3n) is 1.81. The van der Waals surface area contributed by atoms with Crippen molar-refractivity contribution >= 4 is 17.6 Å². The fourth-order valence-corrected chi connectivity index (χ4v) is 1.21. The number of rotatable bonds is 5. The highest BCUT2D eigenvalue weighted by Gasteiger charge is 2.04. The fourth-order valence-electron chi connectivity index (χ4n) is 1.21. The third kappa shape index (κ3) is 3.59. The first kappa shape index (κ1) is 11.5. The standard InChI is InChI=1S/C9H17N5O/c1-6(5-15-3)12-8-4-7(11-2)13-9(10)14-8/h4,6H,5H2,1-3H3,(H4,10,11,12,13,14). The number of anilines is 3. The zero-order valence-electron chi connectivity index (χ0n) is 9.24. The van der Waals surface area contributed by atoms with Crippen molar-refractivity contribution in [3.05, 3.63) is 6.07 Å². The van der Waals surface area contributed by atoms with Crippen molar-refractivity contribution in [3.8, 4) is 0 Å². The van der Waals surface area contributed by atoms with Gasteiger partial charge in [0.2, 0.25) is 5.95 Å². The number of methoxy groups -OCH3 is 1. The van der Waals surface area contributed by atoms with Gasteiger partial charge in [-0.15, -0.1) is 0 Å². The molecule has 0 amide bonds. The van der Waals surface area contributed by atoms with Gasteiger partial charge in [0.05, 0.1) is 6.61 Å².